The van der Waals surface area contributed by atoms with E-state index in [2.05, 4.69) is 5.32 Å². The fourth-order valence-electron chi connectivity index (χ4n) is 2.17. The number of hydrogen-bond donors (Lipinski definition) is 1. The maximum Gasteiger partial charge on any atom is 0.322 e. The molecule has 2 amide bonds. The van der Waals surface area contributed by atoms with E-state index < -0.39 is 28.8 Å². The minimum Gasteiger partial charge on any atom is -0.459 e. The number of carbonyl (C=O) groups is 3. The first kappa shape index (κ1) is 15.7. The molecule has 5 heteroatoms. The lowest BCUT2D eigenvalue weighted by atomic mass is 9.80. The van der Waals surface area contributed by atoms with Gasteiger partial charge >= 0.3 is 5.97 Å². The summed E-state index contributed by atoms with van der Waals surface area (Å²) >= 11 is 0. The number of hydrogen-bond acceptors (Lipinski definition) is 4. The van der Waals surface area contributed by atoms with Gasteiger partial charge in [0.2, 0.25) is 11.8 Å². The maximum atomic E-state index is 12.3. The summed E-state index contributed by atoms with van der Waals surface area (Å²) in [5.41, 5.74) is -1.99. The molecule has 1 aliphatic heterocycles. The van der Waals surface area contributed by atoms with Crippen molar-refractivity contribution in [1.82, 2.24) is 5.32 Å². The summed E-state index contributed by atoms with van der Waals surface area (Å²) in [4.78, 5) is 35.7. The maximum absolute atomic E-state index is 12.3. The third kappa shape index (κ3) is 3.78. The first-order chi connectivity index (χ1) is 8.71. The lowest BCUT2D eigenvalue weighted by Gasteiger charge is -2.28. The molecule has 1 unspecified atom stereocenters. The van der Waals surface area contributed by atoms with E-state index in [0.717, 1.165) is 19.3 Å². The third-order valence-electron chi connectivity index (χ3n) is 3.15. The van der Waals surface area contributed by atoms with Crippen LogP contribution in [0.5, 0.6) is 0 Å². The van der Waals surface area contributed by atoms with Gasteiger partial charge in [-0.3, -0.25) is 19.7 Å². The molecule has 1 rings (SSSR count). The zero-order chi connectivity index (χ0) is 14.7. The van der Waals surface area contributed by atoms with E-state index in [1.54, 1.807) is 20.8 Å². The second kappa shape index (κ2) is 5.72. The van der Waals surface area contributed by atoms with Crippen molar-refractivity contribution in [2.75, 3.05) is 0 Å². The summed E-state index contributed by atoms with van der Waals surface area (Å²) < 4.78 is 5.32. The molecule has 0 aromatic heterocycles. The Labute approximate surface area is 114 Å². The van der Waals surface area contributed by atoms with Crippen molar-refractivity contribution in [3.8, 4) is 0 Å². The van der Waals surface area contributed by atoms with Crippen LogP contribution >= 0.6 is 0 Å². The zero-order valence-corrected chi connectivity index (χ0v) is 12.2. The molecule has 1 N–H and O–H groups in total. The van der Waals surface area contributed by atoms with Crippen LogP contribution in [0.4, 0.5) is 0 Å². The predicted octanol–water partition coefficient (Wildman–Crippen LogP) is 1.94. The third-order valence-corrected chi connectivity index (χ3v) is 3.15. The monoisotopic (exact) mass is 269 g/mol. The number of amides is 2. The molecule has 5 nitrogen and oxygen atoms in total. The molecule has 1 aliphatic rings. The van der Waals surface area contributed by atoms with Gasteiger partial charge < -0.3 is 4.74 Å². The van der Waals surface area contributed by atoms with E-state index in [-0.39, 0.29) is 6.42 Å². The van der Waals surface area contributed by atoms with Crippen LogP contribution in [-0.2, 0) is 19.1 Å². The van der Waals surface area contributed by atoms with Crippen LogP contribution in [0.15, 0.2) is 0 Å². The fraction of sp³-hybridized carbons (Fsp3) is 0.786. The molecule has 0 bridgehead atoms. The van der Waals surface area contributed by atoms with Crippen LogP contribution in [0.1, 0.15) is 59.8 Å². The highest BCUT2D eigenvalue weighted by molar-refractivity contribution is 6.16. The predicted molar refractivity (Wildman–Crippen MR) is 70.2 cm³/mol. The van der Waals surface area contributed by atoms with E-state index in [0.29, 0.717) is 6.42 Å². The van der Waals surface area contributed by atoms with Gasteiger partial charge in [0.05, 0.1) is 6.42 Å². The second-order valence-electron chi connectivity index (χ2n) is 6.10. The number of nitrogens with one attached hydrogen (secondary N) is 1. The van der Waals surface area contributed by atoms with Gasteiger partial charge in [0.25, 0.3) is 0 Å². The molecule has 0 aliphatic carbocycles. The molecule has 108 valence electrons. The molecular formula is C14H23NO4. The molecule has 1 atom stereocenters. The lowest BCUT2D eigenvalue weighted by Crippen LogP contribution is -2.43. The Kier molecular flexibility index (Phi) is 4.71. The first-order valence-electron chi connectivity index (χ1n) is 6.79. The lowest BCUT2D eigenvalue weighted by molar-refractivity contribution is -0.170. The van der Waals surface area contributed by atoms with Crippen molar-refractivity contribution in [3.05, 3.63) is 0 Å². The highest BCUT2D eigenvalue weighted by Crippen LogP contribution is 2.36. The first-order valence-corrected chi connectivity index (χ1v) is 6.79. The van der Waals surface area contributed by atoms with Gasteiger partial charge in [-0.05, 0) is 27.2 Å². The van der Waals surface area contributed by atoms with Crippen molar-refractivity contribution in [2.24, 2.45) is 5.41 Å². The van der Waals surface area contributed by atoms with Gasteiger partial charge in [-0.15, -0.1) is 0 Å². The standard InChI is InChI=1S/C14H23NO4/c1-5-6-7-8-14(9-10(16)15-11(14)17)12(18)19-13(2,3)4/h5-9H2,1-4H3,(H,15,16,17). The Morgan fingerprint density at radius 3 is 2.37 bits per heavy atom. The van der Waals surface area contributed by atoms with E-state index >= 15 is 0 Å². The Balaban J connectivity index is 2.89. The number of unbranched alkanes of at least 4 members (excludes halogenated alkanes) is 2. The summed E-state index contributed by atoms with van der Waals surface area (Å²) in [6.45, 7) is 7.29. The summed E-state index contributed by atoms with van der Waals surface area (Å²) in [6.07, 6.45) is 2.92. The van der Waals surface area contributed by atoms with Gasteiger partial charge in [0.1, 0.15) is 5.60 Å². The average Bonchev–Trinajstić information content (AvgIpc) is 2.53. The van der Waals surface area contributed by atoms with Gasteiger partial charge in [0, 0.05) is 0 Å². The summed E-state index contributed by atoms with van der Waals surface area (Å²) in [5, 5.41) is 2.22. The van der Waals surface area contributed by atoms with Gasteiger partial charge in [-0.1, -0.05) is 26.2 Å². The molecule has 1 saturated heterocycles. The Hall–Kier alpha value is -1.39. The van der Waals surface area contributed by atoms with Crippen LogP contribution < -0.4 is 5.32 Å². The van der Waals surface area contributed by atoms with Crippen LogP contribution in [0.3, 0.4) is 0 Å². The fourth-order valence-corrected chi connectivity index (χ4v) is 2.17. The number of carbonyl (C=O) groups excluding carboxylic acids is 3. The van der Waals surface area contributed by atoms with Gasteiger partial charge in [0.15, 0.2) is 5.41 Å². The smallest absolute Gasteiger partial charge is 0.322 e. The van der Waals surface area contributed by atoms with Crippen LogP contribution in [-0.4, -0.2) is 23.4 Å². The number of esters is 1. The second-order valence-corrected chi connectivity index (χ2v) is 6.10. The van der Waals surface area contributed by atoms with Crippen LogP contribution in [0.25, 0.3) is 0 Å². The Bertz CT molecular complexity index is 383. The molecule has 1 fully saturated rings. The summed E-state index contributed by atoms with van der Waals surface area (Å²) in [5.74, 6) is -1.49. The van der Waals surface area contributed by atoms with Crippen LogP contribution in [0.2, 0.25) is 0 Å². The number of imide groups is 1. The number of ether oxygens (including phenoxy) is 1. The van der Waals surface area contributed by atoms with E-state index in [1.165, 1.54) is 0 Å². The zero-order valence-electron chi connectivity index (χ0n) is 12.2. The molecule has 1 heterocycles. The molecule has 0 saturated carbocycles. The topological polar surface area (TPSA) is 72.5 Å². The molecular weight excluding hydrogens is 246 g/mol. The molecule has 0 spiro atoms. The Morgan fingerprint density at radius 2 is 1.95 bits per heavy atom. The minimum atomic E-state index is -1.32. The van der Waals surface area contributed by atoms with Crippen molar-refractivity contribution in [1.29, 1.82) is 0 Å². The van der Waals surface area contributed by atoms with E-state index in [9.17, 15) is 14.4 Å². The van der Waals surface area contributed by atoms with Crippen molar-refractivity contribution in [3.63, 3.8) is 0 Å². The summed E-state index contributed by atoms with van der Waals surface area (Å²) in [7, 11) is 0. The minimum absolute atomic E-state index is 0.0928. The molecule has 19 heavy (non-hydrogen) atoms. The van der Waals surface area contributed by atoms with Gasteiger partial charge in [-0.25, -0.2) is 0 Å². The van der Waals surface area contributed by atoms with E-state index in [4.69, 9.17) is 4.74 Å². The Morgan fingerprint density at radius 1 is 1.32 bits per heavy atom. The van der Waals surface area contributed by atoms with Crippen molar-refractivity contribution < 1.29 is 19.1 Å². The highest BCUT2D eigenvalue weighted by Gasteiger charge is 2.54. The van der Waals surface area contributed by atoms with Crippen molar-refractivity contribution >= 4 is 17.8 Å². The SMILES string of the molecule is CCCCCC1(C(=O)OC(C)(C)C)CC(=O)NC1=O. The highest BCUT2D eigenvalue weighted by atomic mass is 16.6. The molecule has 0 aromatic carbocycles. The van der Waals surface area contributed by atoms with Gasteiger partial charge in [-0.2, -0.15) is 0 Å². The largest absolute Gasteiger partial charge is 0.459 e. The normalized spacial score (nSPS) is 23.4. The molecule has 0 radical (unpaired) electrons. The quantitative estimate of drug-likeness (QED) is 0.358. The van der Waals surface area contributed by atoms with Crippen molar-refractivity contribution in [2.45, 2.75) is 65.4 Å². The number of rotatable bonds is 5. The van der Waals surface area contributed by atoms with Crippen LogP contribution in [0, 0.1) is 5.41 Å². The summed E-state index contributed by atoms with van der Waals surface area (Å²) in [6, 6.07) is 0. The molecule has 0 aromatic rings. The average molecular weight is 269 g/mol. The van der Waals surface area contributed by atoms with E-state index in [1.807, 2.05) is 6.92 Å².